The molecule has 0 heterocycles. The van der Waals surface area contributed by atoms with Crippen molar-refractivity contribution in [1.29, 1.82) is 0 Å². The molecule has 2 heteroatoms. The third-order valence-corrected chi connectivity index (χ3v) is 3.03. The van der Waals surface area contributed by atoms with E-state index >= 15 is 0 Å². The summed E-state index contributed by atoms with van der Waals surface area (Å²) in [7, 11) is 0. The molecule has 0 radical (unpaired) electrons. The standard InChI is InChI=1S/C10H20O2/c1-2-3-9-4-6-10(12,8-11)7-5-9/h9,11-12H,2-8H2,1H3. The molecule has 0 bridgehead atoms. The van der Waals surface area contributed by atoms with E-state index in [9.17, 15) is 5.11 Å². The van der Waals surface area contributed by atoms with Gasteiger partial charge in [0.05, 0.1) is 12.2 Å². The maximum atomic E-state index is 9.72. The van der Waals surface area contributed by atoms with Gasteiger partial charge in [0.15, 0.2) is 0 Å². The minimum Gasteiger partial charge on any atom is -0.393 e. The molecule has 0 unspecified atom stereocenters. The number of hydrogen-bond donors (Lipinski definition) is 2. The van der Waals surface area contributed by atoms with Crippen LogP contribution >= 0.6 is 0 Å². The van der Waals surface area contributed by atoms with E-state index in [-0.39, 0.29) is 6.61 Å². The van der Waals surface area contributed by atoms with Crippen LogP contribution in [-0.4, -0.2) is 22.4 Å². The molecule has 1 rings (SSSR count). The maximum Gasteiger partial charge on any atom is 0.0877 e. The van der Waals surface area contributed by atoms with Crippen molar-refractivity contribution in [2.24, 2.45) is 5.92 Å². The lowest BCUT2D eigenvalue weighted by atomic mass is 9.78. The SMILES string of the molecule is CCCC1CCC(O)(CO)CC1. The van der Waals surface area contributed by atoms with Crippen LogP contribution in [0.2, 0.25) is 0 Å². The number of hydrogen-bond acceptors (Lipinski definition) is 2. The fourth-order valence-electron chi connectivity index (χ4n) is 2.07. The van der Waals surface area contributed by atoms with Crippen LogP contribution in [0.15, 0.2) is 0 Å². The molecule has 1 saturated carbocycles. The van der Waals surface area contributed by atoms with Crippen LogP contribution < -0.4 is 0 Å². The van der Waals surface area contributed by atoms with Gasteiger partial charge in [-0.15, -0.1) is 0 Å². The molecule has 0 spiro atoms. The predicted octanol–water partition coefficient (Wildman–Crippen LogP) is 1.70. The van der Waals surface area contributed by atoms with E-state index in [1.807, 2.05) is 0 Å². The fourth-order valence-corrected chi connectivity index (χ4v) is 2.07. The van der Waals surface area contributed by atoms with Gasteiger partial charge in [-0.3, -0.25) is 0 Å². The molecule has 2 N–H and O–H groups in total. The lowest BCUT2D eigenvalue weighted by molar-refractivity contribution is -0.0523. The number of rotatable bonds is 3. The Balaban J connectivity index is 2.29. The second-order valence-corrected chi connectivity index (χ2v) is 4.11. The zero-order valence-electron chi connectivity index (χ0n) is 7.92. The van der Waals surface area contributed by atoms with Gasteiger partial charge >= 0.3 is 0 Å². The Morgan fingerprint density at radius 1 is 1.33 bits per heavy atom. The van der Waals surface area contributed by atoms with E-state index in [2.05, 4.69) is 6.92 Å². The van der Waals surface area contributed by atoms with Gasteiger partial charge in [0.2, 0.25) is 0 Å². The smallest absolute Gasteiger partial charge is 0.0877 e. The summed E-state index contributed by atoms with van der Waals surface area (Å²) in [6.45, 7) is 2.14. The van der Waals surface area contributed by atoms with Crippen LogP contribution in [0.1, 0.15) is 45.4 Å². The first-order chi connectivity index (χ1) is 5.70. The van der Waals surface area contributed by atoms with Gasteiger partial charge in [0, 0.05) is 0 Å². The molecule has 12 heavy (non-hydrogen) atoms. The van der Waals surface area contributed by atoms with Crippen molar-refractivity contribution in [2.75, 3.05) is 6.61 Å². The van der Waals surface area contributed by atoms with E-state index in [1.54, 1.807) is 0 Å². The summed E-state index contributed by atoms with van der Waals surface area (Å²) < 4.78 is 0. The second-order valence-electron chi connectivity index (χ2n) is 4.11. The normalized spacial score (nSPS) is 36.8. The summed E-state index contributed by atoms with van der Waals surface area (Å²) in [4.78, 5) is 0. The maximum absolute atomic E-state index is 9.72. The van der Waals surface area contributed by atoms with Crippen molar-refractivity contribution in [3.63, 3.8) is 0 Å². The van der Waals surface area contributed by atoms with Gasteiger partial charge < -0.3 is 10.2 Å². The molecule has 0 aromatic rings. The van der Waals surface area contributed by atoms with E-state index in [4.69, 9.17) is 5.11 Å². The molecule has 0 aromatic heterocycles. The van der Waals surface area contributed by atoms with E-state index in [0.717, 1.165) is 31.6 Å². The highest BCUT2D eigenvalue weighted by molar-refractivity contribution is 4.84. The molecule has 0 amide bonds. The molecule has 1 aliphatic carbocycles. The van der Waals surface area contributed by atoms with Gasteiger partial charge in [-0.1, -0.05) is 19.8 Å². The molecule has 72 valence electrons. The zero-order valence-corrected chi connectivity index (χ0v) is 7.92. The first-order valence-corrected chi connectivity index (χ1v) is 5.03. The van der Waals surface area contributed by atoms with Crippen molar-refractivity contribution >= 4 is 0 Å². The van der Waals surface area contributed by atoms with Gasteiger partial charge in [-0.2, -0.15) is 0 Å². The molecule has 2 nitrogen and oxygen atoms in total. The Morgan fingerprint density at radius 2 is 1.92 bits per heavy atom. The Bertz CT molecular complexity index is 126. The fraction of sp³-hybridized carbons (Fsp3) is 1.00. The topological polar surface area (TPSA) is 40.5 Å². The molecular weight excluding hydrogens is 152 g/mol. The van der Waals surface area contributed by atoms with Gasteiger partial charge in [-0.05, 0) is 31.6 Å². The average Bonchev–Trinajstić information content (AvgIpc) is 2.10. The van der Waals surface area contributed by atoms with Crippen molar-refractivity contribution in [3.05, 3.63) is 0 Å². The highest BCUT2D eigenvalue weighted by Crippen LogP contribution is 2.33. The lowest BCUT2D eigenvalue weighted by Gasteiger charge is -2.34. The number of aliphatic hydroxyl groups excluding tert-OH is 1. The molecule has 0 aromatic carbocycles. The van der Waals surface area contributed by atoms with Crippen molar-refractivity contribution < 1.29 is 10.2 Å². The van der Waals surface area contributed by atoms with Crippen LogP contribution in [0.4, 0.5) is 0 Å². The molecule has 1 aliphatic rings. The summed E-state index contributed by atoms with van der Waals surface area (Å²) in [5.74, 6) is 0.793. The largest absolute Gasteiger partial charge is 0.393 e. The minimum atomic E-state index is -0.746. The number of aliphatic hydroxyl groups is 2. The van der Waals surface area contributed by atoms with E-state index < -0.39 is 5.60 Å². The third-order valence-electron chi connectivity index (χ3n) is 3.03. The van der Waals surface area contributed by atoms with Crippen LogP contribution in [0.3, 0.4) is 0 Å². The van der Waals surface area contributed by atoms with Crippen molar-refractivity contribution in [2.45, 2.75) is 51.0 Å². The Hall–Kier alpha value is -0.0800. The lowest BCUT2D eigenvalue weighted by Crippen LogP contribution is -2.37. The molecule has 0 aliphatic heterocycles. The van der Waals surface area contributed by atoms with E-state index in [1.165, 1.54) is 12.8 Å². The summed E-state index contributed by atoms with van der Waals surface area (Å²) in [5, 5.41) is 18.6. The molecular formula is C10H20O2. The Morgan fingerprint density at radius 3 is 2.33 bits per heavy atom. The Kier molecular flexibility index (Phi) is 3.53. The van der Waals surface area contributed by atoms with Crippen LogP contribution in [0, 0.1) is 5.92 Å². The quantitative estimate of drug-likeness (QED) is 0.680. The highest BCUT2D eigenvalue weighted by atomic mass is 16.3. The molecule has 0 atom stereocenters. The first-order valence-electron chi connectivity index (χ1n) is 5.03. The summed E-state index contributed by atoms with van der Waals surface area (Å²) in [6, 6.07) is 0. The Labute approximate surface area is 74.6 Å². The van der Waals surface area contributed by atoms with Crippen LogP contribution in [-0.2, 0) is 0 Å². The van der Waals surface area contributed by atoms with Gasteiger partial charge in [0.1, 0.15) is 0 Å². The monoisotopic (exact) mass is 172 g/mol. The van der Waals surface area contributed by atoms with Gasteiger partial charge in [-0.25, -0.2) is 0 Å². The summed E-state index contributed by atoms with van der Waals surface area (Å²) in [6.07, 6.45) is 6.27. The highest BCUT2D eigenvalue weighted by Gasteiger charge is 2.31. The predicted molar refractivity (Wildman–Crippen MR) is 48.9 cm³/mol. The first kappa shape index (κ1) is 10.0. The van der Waals surface area contributed by atoms with Crippen molar-refractivity contribution in [1.82, 2.24) is 0 Å². The van der Waals surface area contributed by atoms with Crippen LogP contribution in [0.5, 0.6) is 0 Å². The molecule has 1 fully saturated rings. The van der Waals surface area contributed by atoms with Gasteiger partial charge in [0.25, 0.3) is 0 Å². The summed E-state index contributed by atoms with van der Waals surface area (Å²) in [5.41, 5.74) is -0.746. The van der Waals surface area contributed by atoms with Crippen molar-refractivity contribution in [3.8, 4) is 0 Å². The second kappa shape index (κ2) is 4.24. The zero-order chi connectivity index (χ0) is 9.03. The average molecular weight is 172 g/mol. The summed E-state index contributed by atoms with van der Waals surface area (Å²) >= 11 is 0. The van der Waals surface area contributed by atoms with Crippen LogP contribution in [0.25, 0.3) is 0 Å². The minimum absolute atomic E-state index is 0.0636. The third kappa shape index (κ3) is 2.46. The van der Waals surface area contributed by atoms with E-state index in [0.29, 0.717) is 0 Å². The molecule has 0 saturated heterocycles.